The van der Waals surface area contributed by atoms with Gasteiger partial charge in [0, 0.05) is 5.69 Å². The first-order valence-electron chi connectivity index (χ1n) is 5.87. The second-order valence-corrected chi connectivity index (χ2v) is 5.36. The predicted molar refractivity (Wildman–Crippen MR) is 80.1 cm³/mol. The number of benzene rings is 2. The molecule has 3 nitrogen and oxygen atoms in total. The highest BCUT2D eigenvalue weighted by atomic mass is 79.9. The SMILES string of the molecule is O=C(Nc1ccc(OC(F)F)cc1)c1cc(Br)c(F)cc1Cl. The zero-order valence-corrected chi connectivity index (χ0v) is 13.1. The topological polar surface area (TPSA) is 38.3 Å². The van der Waals surface area contributed by atoms with Crippen LogP contribution >= 0.6 is 27.5 Å². The fraction of sp³-hybridized carbons (Fsp3) is 0.0714. The molecule has 22 heavy (non-hydrogen) atoms. The van der Waals surface area contributed by atoms with Crippen LogP contribution in [0, 0.1) is 5.82 Å². The summed E-state index contributed by atoms with van der Waals surface area (Å²) in [5, 5.41) is 2.47. The lowest BCUT2D eigenvalue weighted by atomic mass is 10.2. The number of nitrogens with one attached hydrogen (secondary N) is 1. The van der Waals surface area contributed by atoms with Gasteiger partial charge in [-0.1, -0.05) is 11.6 Å². The van der Waals surface area contributed by atoms with E-state index < -0.39 is 18.3 Å². The second kappa shape index (κ2) is 7.02. The minimum absolute atomic E-state index is 0.0319. The molecular weight excluding hydrogens is 387 g/mol. The fourth-order valence-corrected chi connectivity index (χ4v) is 2.19. The normalized spacial score (nSPS) is 10.6. The van der Waals surface area contributed by atoms with Crippen molar-refractivity contribution >= 4 is 39.1 Å². The zero-order valence-electron chi connectivity index (χ0n) is 10.7. The van der Waals surface area contributed by atoms with E-state index >= 15 is 0 Å². The maximum absolute atomic E-state index is 13.3. The Morgan fingerprint density at radius 2 is 1.86 bits per heavy atom. The van der Waals surface area contributed by atoms with Gasteiger partial charge >= 0.3 is 6.61 Å². The largest absolute Gasteiger partial charge is 0.435 e. The number of carbonyl (C=O) groups is 1. The van der Waals surface area contributed by atoms with Gasteiger partial charge in [-0.2, -0.15) is 8.78 Å². The maximum atomic E-state index is 13.3. The van der Waals surface area contributed by atoms with Crippen molar-refractivity contribution in [2.45, 2.75) is 6.61 Å². The molecule has 0 atom stereocenters. The Labute approximate surface area is 137 Å². The monoisotopic (exact) mass is 393 g/mol. The highest BCUT2D eigenvalue weighted by molar-refractivity contribution is 9.10. The number of ether oxygens (including phenoxy) is 1. The van der Waals surface area contributed by atoms with E-state index in [4.69, 9.17) is 11.6 Å². The van der Waals surface area contributed by atoms with Crippen molar-refractivity contribution < 1.29 is 22.7 Å². The summed E-state index contributed by atoms with van der Waals surface area (Å²) >= 11 is 8.79. The van der Waals surface area contributed by atoms with E-state index in [2.05, 4.69) is 26.0 Å². The molecule has 0 aliphatic rings. The zero-order chi connectivity index (χ0) is 16.3. The lowest BCUT2D eigenvalue weighted by Gasteiger charge is -2.09. The van der Waals surface area contributed by atoms with E-state index in [1.54, 1.807) is 0 Å². The van der Waals surface area contributed by atoms with Crippen molar-refractivity contribution in [1.82, 2.24) is 0 Å². The number of carbonyl (C=O) groups excluding carboxylic acids is 1. The molecule has 0 saturated heterocycles. The van der Waals surface area contributed by atoms with E-state index in [0.717, 1.165) is 6.07 Å². The van der Waals surface area contributed by atoms with Gasteiger partial charge < -0.3 is 10.1 Å². The van der Waals surface area contributed by atoms with Crippen LogP contribution in [0.15, 0.2) is 40.9 Å². The Hall–Kier alpha value is -1.73. The van der Waals surface area contributed by atoms with Crippen LogP contribution in [0.4, 0.5) is 18.9 Å². The molecule has 0 heterocycles. The number of alkyl halides is 2. The van der Waals surface area contributed by atoms with Gasteiger partial charge in [0.2, 0.25) is 0 Å². The molecule has 0 aromatic heterocycles. The number of amides is 1. The molecule has 2 aromatic carbocycles. The van der Waals surface area contributed by atoms with E-state index in [1.165, 1.54) is 30.3 Å². The van der Waals surface area contributed by atoms with Crippen molar-refractivity contribution in [1.29, 1.82) is 0 Å². The van der Waals surface area contributed by atoms with Crippen LogP contribution in [0.5, 0.6) is 5.75 Å². The third-order valence-corrected chi connectivity index (χ3v) is 3.51. The molecule has 8 heteroatoms. The Bertz CT molecular complexity index is 695. The Morgan fingerprint density at radius 1 is 1.23 bits per heavy atom. The van der Waals surface area contributed by atoms with Crippen molar-refractivity contribution in [3.05, 3.63) is 57.3 Å². The van der Waals surface area contributed by atoms with Gasteiger partial charge in [-0.05, 0) is 52.3 Å². The lowest BCUT2D eigenvalue weighted by molar-refractivity contribution is -0.0498. The lowest BCUT2D eigenvalue weighted by Crippen LogP contribution is -2.13. The van der Waals surface area contributed by atoms with Crippen LogP contribution in [-0.2, 0) is 0 Å². The molecule has 0 aliphatic carbocycles. The number of hydrogen-bond donors (Lipinski definition) is 1. The van der Waals surface area contributed by atoms with Crippen LogP contribution in [0.25, 0.3) is 0 Å². The molecule has 0 bridgehead atoms. The quantitative estimate of drug-likeness (QED) is 0.733. The smallest absolute Gasteiger partial charge is 0.387 e. The molecule has 0 aliphatic heterocycles. The summed E-state index contributed by atoms with van der Waals surface area (Å²) in [6.45, 7) is -2.92. The Balaban J connectivity index is 2.13. The molecule has 2 rings (SSSR count). The summed E-state index contributed by atoms with van der Waals surface area (Å²) in [7, 11) is 0. The fourth-order valence-electron chi connectivity index (χ4n) is 1.61. The van der Waals surface area contributed by atoms with Gasteiger partial charge in [-0.25, -0.2) is 4.39 Å². The molecule has 0 unspecified atom stereocenters. The Morgan fingerprint density at radius 3 is 2.45 bits per heavy atom. The first kappa shape index (κ1) is 16.6. The van der Waals surface area contributed by atoms with Gasteiger partial charge in [0.15, 0.2) is 0 Å². The minimum atomic E-state index is -2.92. The maximum Gasteiger partial charge on any atom is 0.387 e. The summed E-state index contributed by atoms with van der Waals surface area (Å²) in [6.07, 6.45) is 0. The first-order valence-corrected chi connectivity index (χ1v) is 7.04. The van der Waals surface area contributed by atoms with Crippen LogP contribution in [0.1, 0.15) is 10.4 Å². The molecule has 0 radical (unpaired) electrons. The molecule has 116 valence electrons. The van der Waals surface area contributed by atoms with E-state index in [1.807, 2.05) is 0 Å². The van der Waals surface area contributed by atoms with Crippen molar-refractivity contribution in [3.63, 3.8) is 0 Å². The van der Waals surface area contributed by atoms with Crippen molar-refractivity contribution in [2.24, 2.45) is 0 Å². The van der Waals surface area contributed by atoms with E-state index in [-0.39, 0.29) is 20.8 Å². The molecular formula is C14H8BrClF3NO2. The van der Waals surface area contributed by atoms with Gasteiger partial charge in [0.1, 0.15) is 11.6 Å². The molecule has 1 N–H and O–H groups in total. The average molecular weight is 395 g/mol. The van der Waals surface area contributed by atoms with Gasteiger partial charge in [0.25, 0.3) is 5.91 Å². The summed E-state index contributed by atoms with van der Waals surface area (Å²) in [6, 6.07) is 7.61. The minimum Gasteiger partial charge on any atom is -0.435 e. The highest BCUT2D eigenvalue weighted by Gasteiger charge is 2.14. The number of hydrogen-bond acceptors (Lipinski definition) is 2. The van der Waals surface area contributed by atoms with Crippen LogP contribution < -0.4 is 10.1 Å². The third kappa shape index (κ3) is 4.14. The van der Waals surface area contributed by atoms with Gasteiger partial charge in [-0.15, -0.1) is 0 Å². The van der Waals surface area contributed by atoms with Crippen molar-refractivity contribution in [2.75, 3.05) is 5.32 Å². The van der Waals surface area contributed by atoms with Crippen molar-refractivity contribution in [3.8, 4) is 5.75 Å². The van der Waals surface area contributed by atoms with Crippen LogP contribution in [-0.4, -0.2) is 12.5 Å². The van der Waals surface area contributed by atoms with E-state index in [9.17, 15) is 18.0 Å². The standard InChI is InChI=1S/C14H8BrClF3NO2/c15-10-5-9(11(16)6-12(10)17)13(21)20-7-1-3-8(4-2-7)22-14(18)19/h1-6,14H,(H,20,21). The van der Waals surface area contributed by atoms with Crippen LogP contribution in [0.2, 0.25) is 5.02 Å². The summed E-state index contributed by atoms with van der Waals surface area (Å²) in [4.78, 5) is 12.1. The average Bonchev–Trinajstić information content (AvgIpc) is 2.44. The molecule has 0 saturated carbocycles. The van der Waals surface area contributed by atoms with Gasteiger partial charge in [0.05, 0.1) is 15.1 Å². The summed E-state index contributed by atoms with van der Waals surface area (Å²) < 4.78 is 41.6. The Kier molecular flexibility index (Phi) is 5.31. The molecule has 0 fully saturated rings. The highest BCUT2D eigenvalue weighted by Crippen LogP contribution is 2.26. The summed E-state index contributed by atoms with van der Waals surface area (Å²) in [5.74, 6) is -1.18. The second-order valence-electron chi connectivity index (χ2n) is 4.10. The van der Waals surface area contributed by atoms with Crippen LogP contribution in [0.3, 0.4) is 0 Å². The summed E-state index contributed by atoms with van der Waals surface area (Å²) in [5.41, 5.74) is 0.422. The van der Waals surface area contributed by atoms with E-state index in [0.29, 0.717) is 5.69 Å². The predicted octanol–water partition coefficient (Wildman–Crippen LogP) is 5.10. The number of rotatable bonds is 4. The third-order valence-electron chi connectivity index (χ3n) is 2.59. The number of halogens is 5. The van der Waals surface area contributed by atoms with Gasteiger partial charge in [-0.3, -0.25) is 4.79 Å². The molecule has 0 spiro atoms. The number of anilines is 1. The molecule has 1 amide bonds. The first-order chi connectivity index (χ1) is 10.4. The molecule has 2 aromatic rings.